The lowest BCUT2D eigenvalue weighted by atomic mass is 9.94. The molecule has 0 amide bonds. The second-order valence-electron chi connectivity index (χ2n) is 8.54. The van der Waals surface area contributed by atoms with E-state index in [0.29, 0.717) is 6.04 Å². The van der Waals surface area contributed by atoms with E-state index in [9.17, 15) is 4.79 Å². The summed E-state index contributed by atoms with van der Waals surface area (Å²) in [4.78, 5) is 18.2. The molecular weight excluding hydrogens is 346 g/mol. The van der Waals surface area contributed by atoms with Gasteiger partial charge in [-0.15, -0.1) is 0 Å². The Hall–Kier alpha value is -1.81. The minimum Gasteiger partial charge on any atom is -0.381 e. The number of likely N-dealkylation sites (tertiary alicyclic amines) is 1. The van der Waals surface area contributed by atoms with Crippen LogP contribution in [0.4, 0.5) is 5.69 Å². The number of hydrogen-bond acceptors (Lipinski definition) is 4. The Morgan fingerprint density at radius 2 is 1.96 bits per heavy atom. The Bertz CT molecular complexity index is 689. The molecule has 3 rings (SSSR count). The highest BCUT2D eigenvalue weighted by molar-refractivity contribution is 6.02. The molecule has 2 heterocycles. The van der Waals surface area contributed by atoms with Crippen LogP contribution in [0, 0.1) is 5.92 Å². The van der Waals surface area contributed by atoms with Crippen LogP contribution in [0.3, 0.4) is 0 Å². The van der Waals surface area contributed by atoms with Crippen molar-refractivity contribution in [3.05, 3.63) is 41.6 Å². The second-order valence-corrected chi connectivity index (χ2v) is 8.54. The molecule has 4 heteroatoms. The predicted octanol–water partition coefficient (Wildman–Crippen LogP) is 4.18. The summed E-state index contributed by atoms with van der Waals surface area (Å²) in [6.07, 6.45) is 5.89. The van der Waals surface area contributed by atoms with Crippen molar-refractivity contribution in [2.24, 2.45) is 5.92 Å². The Morgan fingerprint density at radius 1 is 1.25 bits per heavy atom. The number of nitrogens with one attached hydrogen (secondary N) is 1. The van der Waals surface area contributed by atoms with Gasteiger partial charge >= 0.3 is 0 Å². The van der Waals surface area contributed by atoms with Gasteiger partial charge in [-0.25, -0.2) is 0 Å². The number of para-hydroxylation sites is 1. The molecule has 1 atom stereocenters. The molecule has 0 aromatic heterocycles. The normalized spacial score (nSPS) is 21.2. The van der Waals surface area contributed by atoms with Gasteiger partial charge in [0.05, 0.1) is 11.6 Å². The highest BCUT2D eigenvalue weighted by atomic mass is 16.1. The summed E-state index contributed by atoms with van der Waals surface area (Å²) >= 11 is 0. The molecule has 0 radical (unpaired) electrons. The molecule has 0 spiro atoms. The van der Waals surface area contributed by atoms with Crippen LogP contribution in [0.25, 0.3) is 0 Å². The molecule has 0 aliphatic carbocycles. The first-order valence-corrected chi connectivity index (χ1v) is 11.1. The fourth-order valence-corrected chi connectivity index (χ4v) is 4.64. The van der Waals surface area contributed by atoms with Crippen LogP contribution in [0.1, 0.15) is 58.4 Å². The Balaban J connectivity index is 1.57. The van der Waals surface area contributed by atoms with Crippen LogP contribution in [-0.4, -0.2) is 49.4 Å². The van der Waals surface area contributed by atoms with E-state index in [1.165, 1.54) is 43.6 Å². The molecule has 0 saturated carbocycles. The maximum Gasteiger partial charge on any atom is 0.187 e. The number of carbonyl (C=O) groups excluding carboxylic acids is 1. The Morgan fingerprint density at radius 3 is 2.61 bits per heavy atom. The van der Waals surface area contributed by atoms with Gasteiger partial charge in [-0.2, -0.15) is 0 Å². The van der Waals surface area contributed by atoms with Crippen LogP contribution in [0.15, 0.2) is 36.0 Å². The molecule has 1 saturated heterocycles. The van der Waals surface area contributed by atoms with E-state index in [0.717, 1.165) is 31.2 Å². The van der Waals surface area contributed by atoms with Gasteiger partial charge in [0, 0.05) is 31.4 Å². The molecular formula is C24H37N3O. The van der Waals surface area contributed by atoms with E-state index in [1.807, 2.05) is 19.1 Å². The molecule has 154 valence electrons. The Labute approximate surface area is 171 Å². The van der Waals surface area contributed by atoms with Gasteiger partial charge in [0.2, 0.25) is 0 Å². The van der Waals surface area contributed by atoms with Crippen molar-refractivity contribution in [1.29, 1.82) is 0 Å². The van der Waals surface area contributed by atoms with Gasteiger partial charge in [-0.3, -0.25) is 4.79 Å². The van der Waals surface area contributed by atoms with Crippen molar-refractivity contribution in [1.82, 2.24) is 10.2 Å². The molecule has 2 aliphatic heterocycles. The summed E-state index contributed by atoms with van der Waals surface area (Å²) in [5.74, 6) is 1.06. The van der Waals surface area contributed by atoms with Crippen molar-refractivity contribution in [2.45, 2.75) is 58.9 Å². The molecule has 1 N–H and O–H groups in total. The SMILES string of the molecule is C/C=C(/NCCN1CCC(CC)CC1)C(=O)C1CN(C(C)C)c2ccccc21. The predicted molar refractivity (Wildman–Crippen MR) is 118 cm³/mol. The molecule has 1 aromatic carbocycles. The van der Waals surface area contributed by atoms with Gasteiger partial charge in [0.15, 0.2) is 5.78 Å². The third-order valence-corrected chi connectivity index (χ3v) is 6.52. The smallest absolute Gasteiger partial charge is 0.187 e. The van der Waals surface area contributed by atoms with E-state index >= 15 is 0 Å². The van der Waals surface area contributed by atoms with Gasteiger partial charge in [-0.05, 0) is 64.3 Å². The summed E-state index contributed by atoms with van der Waals surface area (Å²) in [6.45, 7) is 13.7. The number of benzene rings is 1. The minimum atomic E-state index is -0.0717. The second kappa shape index (κ2) is 9.60. The largest absolute Gasteiger partial charge is 0.381 e. The number of hydrogen-bond donors (Lipinski definition) is 1. The lowest BCUT2D eigenvalue weighted by Gasteiger charge is -2.31. The van der Waals surface area contributed by atoms with Crippen molar-refractivity contribution in [2.75, 3.05) is 37.6 Å². The van der Waals surface area contributed by atoms with Crippen molar-refractivity contribution in [3.8, 4) is 0 Å². The lowest BCUT2D eigenvalue weighted by molar-refractivity contribution is -0.117. The highest BCUT2D eigenvalue weighted by Crippen LogP contribution is 2.38. The number of anilines is 1. The third-order valence-electron chi connectivity index (χ3n) is 6.52. The minimum absolute atomic E-state index is 0.0717. The first-order valence-electron chi connectivity index (χ1n) is 11.1. The van der Waals surface area contributed by atoms with Gasteiger partial charge in [0.25, 0.3) is 0 Å². The zero-order valence-corrected chi connectivity index (χ0v) is 18.1. The zero-order valence-electron chi connectivity index (χ0n) is 18.1. The standard InChI is InChI=1S/C24H37N3O/c1-5-19-11-14-26(15-12-19)16-13-25-22(6-2)24(28)21-17-27(18(3)4)23-10-8-7-9-20(21)23/h6-10,18-19,21,25H,5,11-17H2,1-4H3/b22-6+. The van der Waals surface area contributed by atoms with Gasteiger partial charge < -0.3 is 15.1 Å². The van der Waals surface area contributed by atoms with Crippen LogP contribution in [0.5, 0.6) is 0 Å². The summed E-state index contributed by atoms with van der Waals surface area (Å²) in [5.41, 5.74) is 3.16. The molecule has 28 heavy (non-hydrogen) atoms. The molecule has 1 aromatic rings. The van der Waals surface area contributed by atoms with Gasteiger partial charge in [-0.1, -0.05) is 37.6 Å². The topological polar surface area (TPSA) is 35.6 Å². The first-order chi connectivity index (χ1) is 13.5. The highest BCUT2D eigenvalue weighted by Gasteiger charge is 2.35. The average Bonchev–Trinajstić information content (AvgIpc) is 3.11. The number of piperidine rings is 1. The summed E-state index contributed by atoms with van der Waals surface area (Å²) in [7, 11) is 0. The summed E-state index contributed by atoms with van der Waals surface area (Å²) in [6, 6.07) is 8.77. The number of rotatable bonds is 8. The summed E-state index contributed by atoms with van der Waals surface area (Å²) in [5, 5.41) is 3.44. The molecule has 2 aliphatic rings. The van der Waals surface area contributed by atoms with Gasteiger partial charge in [0.1, 0.15) is 0 Å². The maximum absolute atomic E-state index is 13.3. The van der Waals surface area contributed by atoms with E-state index in [-0.39, 0.29) is 11.7 Å². The van der Waals surface area contributed by atoms with Crippen LogP contribution in [-0.2, 0) is 4.79 Å². The van der Waals surface area contributed by atoms with Crippen molar-refractivity contribution >= 4 is 11.5 Å². The quantitative estimate of drug-likeness (QED) is 0.683. The number of ketones is 1. The molecule has 0 bridgehead atoms. The van der Waals surface area contributed by atoms with Crippen molar-refractivity contribution < 1.29 is 4.79 Å². The monoisotopic (exact) mass is 383 g/mol. The van der Waals surface area contributed by atoms with Crippen LogP contribution >= 0.6 is 0 Å². The van der Waals surface area contributed by atoms with Crippen LogP contribution < -0.4 is 10.2 Å². The zero-order chi connectivity index (χ0) is 20.1. The fourth-order valence-electron chi connectivity index (χ4n) is 4.64. The number of Topliss-reactive ketones (excluding diaryl/α,β-unsaturated/α-hetero) is 1. The Kier molecular flexibility index (Phi) is 7.17. The molecule has 4 nitrogen and oxygen atoms in total. The lowest BCUT2D eigenvalue weighted by Crippen LogP contribution is -2.39. The number of fused-ring (bicyclic) bond motifs is 1. The molecule has 1 unspecified atom stereocenters. The van der Waals surface area contributed by atoms with Crippen LogP contribution in [0.2, 0.25) is 0 Å². The number of carbonyl (C=O) groups is 1. The van der Waals surface area contributed by atoms with E-state index in [2.05, 4.69) is 54.1 Å². The third kappa shape index (κ3) is 4.60. The first kappa shape index (κ1) is 20.9. The van der Waals surface area contributed by atoms with E-state index in [4.69, 9.17) is 0 Å². The average molecular weight is 384 g/mol. The van der Waals surface area contributed by atoms with Crippen molar-refractivity contribution in [3.63, 3.8) is 0 Å². The van der Waals surface area contributed by atoms with E-state index < -0.39 is 0 Å². The number of nitrogens with zero attached hydrogens (tertiary/aromatic N) is 2. The fraction of sp³-hybridized carbons (Fsp3) is 0.625. The van der Waals surface area contributed by atoms with E-state index in [1.54, 1.807) is 0 Å². The molecule has 1 fully saturated rings. The summed E-state index contributed by atoms with van der Waals surface area (Å²) < 4.78 is 0. The number of allylic oxidation sites excluding steroid dienone is 2. The maximum atomic E-state index is 13.3.